The zero-order chi connectivity index (χ0) is 15.5. The molecule has 1 N–H and O–H groups in total. The summed E-state index contributed by atoms with van der Waals surface area (Å²) in [6.07, 6.45) is 3.17. The average Bonchev–Trinajstić information content (AvgIpc) is 3.16. The molecule has 0 radical (unpaired) electrons. The molecule has 7 nitrogen and oxygen atoms in total. The Morgan fingerprint density at radius 2 is 2.41 bits per heavy atom. The van der Waals surface area contributed by atoms with Gasteiger partial charge in [-0.25, -0.2) is 4.98 Å². The van der Waals surface area contributed by atoms with E-state index < -0.39 is 0 Å². The van der Waals surface area contributed by atoms with Gasteiger partial charge < -0.3 is 14.7 Å². The maximum atomic E-state index is 11.8. The van der Waals surface area contributed by atoms with Crippen LogP contribution < -0.4 is 5.32 Å². The second kappa shape index (κ2) is 6.13. The van der Waals surface area contributed by atoms with Gasteiger partial charge in [-0.2, -0.15) is 4.98 Å². The maximum absolute atomic E-state index is 11.8. The smallest absolute Gasteiger partial charge is 0.261 e. The molecule has 0 saturated carbocycles. The first kappa shape index (κ1) is 14.5. The Labute approximate surface area is 128 Å². The topological polar surface area (TPSA) is 84.2 Å². The van der Waals surface area contributed by atoms with Crippen molar-refractivity contribution in [2.24, 2.45) is 0 Å². The molecule has 0 bridgehead atoms. The number of hydrogen-bond donors (Lipinski definition) is 1. The highest BCUT2D eigenvalue weighted by atomic mass is 16.5. The Morgan fingerprint density at radius 1 is 1.55 bits per heavy atom. The first-order chi connectivity index (χ1) is 10.7. The van der Waals surface area contributed by atoms with Crippen LogP contribution in [0.2, 0.25) is 0 Å². The number of likely N-dealkylation sites (tertiary alicyclic amines) is 1. The molecule has 0 aromatic carbocycles. The minimum Gasteiger partial charge on any atom is -0.365 e. The van der Waals surface area contributed by atoms with Crippen molar-refractivity contribution < 1.29 is 9.32 Å². The van der Waals surface area contributed by atoms with E-state index in [-0.39, 0.29) is 11.9 Å². The number of hydrogen-bond acceptors (Lipinski definition) is 6. The van der Waals surface area contributed by atoms with E-state index in [0.29, 0.717) is 30.5 Å². The van der Waals surface area contributed by atoms with Crippen LogP contribution in [0.3, 0.4) is 0 Å². The molecular formula is C15H19N5O2. The van der Waals surface area contributed by atoms with E-state index in [1.54, 1.807) is 13.1 Å². The minimum atomic E-state index is 0.188. The Balaban J connectivity index is 1.75. The Kier molecular flexibility index (Phi) is 4.04. The lowest BCUT2D eigenvalue weighted by Gasteiger charge is -2.17. The molecule has 1 amide bonds. The molecule has 0 aliphatic carbocycles. The molecule has 22 heavy (non-hydrogen) atoms. The second-order valence-electron chi connectivity index (χ2n) is 5.37. The summed E-state index contributed by atoms with van der Waals surface area (Å²) in [5.74, 6) is 1.94. The molecule has 1 atom stereocenters. The highest BCUT2D eigenvalue weighted by Gasteiger charge is 2.26. The number of nitrogens with zero attached hydrogens (tertiary/aromatic N) is 4. The predicted molar refractivity (Wildman–Crippen MR) is 81.2 cm³/mol. The number of anilines is 1. The summed E-state index contributed by atoms with van der Waals surface area (Å²) >= 11 is 0. The summed E-state index contributed by atoms with van der Waals surface area (Å²) in [4.78, 5) is 22.3. The van der Waals surface area contributed by atoms with Gasteiger partial charge in [-0.1, -0.05) is 12.1 Å². The molecule has 3 rings (SSSR count). The number of nitrogens with one attached hydrogen (secondary N) is 1. The van der Waals surface area contributed by atoms with Crippen molar-refractivity contribution in [3.63, 3.8) is 0 Å². The van der Waals surface area contributed by atoms with E-state index >= 15 is 0 Å². The van der Waals surface area contributed by atoms with Gasteiger partial charge in [0.1, 0.15) is 5.82 Å². The van der Waals surface area contributed by atoms with Crippen molar-refractivity contribution in [1.29, 1.82) is 0 Å². The fourth-order valence-corrected chi connectivity index (χ4v) is 2.62. The lowest BCUT2D eigenvalue weighted by atomic mass is 10.2. The lowest BCUT2D eigenvalue weighted by Crippen LogP contribution is -2.31. The van der Waals surface area contributed by atoms with Gasteiger partial charge in [0.05, 0.1) is 5.56 Å². The molecule has 1 unspecified atom stereocenters. The minimum absolute atomic E-state index is 0.188. The van der Waals surface area contributed by atoms with Crippen molar-refractivity contribution in [3.8, 4) is 11.5 Å². The van der Waals surface area contributed by atoms with E-state index in [4.69, 9.17) is 4.52 Å². The van der Waals surface area contributed by atoms with Crippen LogP contribution in [-0.4, -0.2) is 45.1 Å². The van der Waals surface area contributed by atoms with Gasteiger partial charge in [0.2, 0.25) is 5.91 Å². The van der Waals surface area contributed by atoms with Crippen LogP contribution in [-0.2, 0) is 4.79 Å². The van der Waals surface area contributed by atoms with Crippen LogP contribution in [0.4, 0.5) is 5.82 Å². The molecule has 2 aromatic heterocycles. The molecular weight excluding hydrogens is 282 g/mol. The number of rotatable bonds is 4. The van der Waals surface area contributed by atoms with Crippen LogP contribution in [0.5, 0.6) is 0 Å². The monoisotopic (exact) mass is 301 g/mol. The summed E-state index contributed by atoms with van der Waals surface area (Å²) in [5, 5.41) is 7.21. The molecule has 1 aliphatic heterocycles. The maximum Gasteiger partial charge on any atom is 0.261 e. The Bertz CT molecular complexity index is 669. The van der Waals surface area contributed by atoms with E-state index in [9.17, 15) is 4.79 Å². The van der Waals surface area contributed by atoms with E-state index in [2.05, 4.69) is 20.4 Å². The van der Waals surface area contributed by atoms with Crippen LogP contribution >= 0.6 is 0 Å². The summed E-state index contributed by atoms with van der Waals surface area (Å²) in [6.45, 7) is 5.15. The van der Waals surface area contributed by atoms with Gasteiger partial charge in [0.25, 0.3) is 5.89 Å². The van der Waals surface area contributed by atoms with Crippen LogP contribution in [0.1, 0.15) is 25.6 Å². The van der Waals surface area contributed by atoms with Gasteiger partial charge in [-0.3, -0.25) is 4.79 Å². The average molecular weight is 301 g/mol. The summed E-state index contributed by atoms with van der Waals surface area (Å²) in [5.41, 5.74) is 0.781. The highest BCUT2D eigenvalue weighted by molar-refractivity contribution is 5.76. The van der Waals surface area contributed by atoms with Crippen molar-refractivity contribution in [1.82, 2.24) is 20.0 Å². The summed E-state index contributed by atoms with van der Waals surface area (Å²) < 4.78 is 5.23. The van der Waals surface area contributed by atoms with Gasteiger partial charge in [-0.15, -0.1) is 0 Å². The van der Waals surface area contributed by atoms with E-state index in [0.717, 1.165) is 18.5 Å². The van der Waals surface area contributed by atoms with Crippen molar-refractivity contribution in [3.05, 3.63) is 24.2 Å². The normalized spacial score (nSPS) is 17.7. The summed E-state index contributed by atoms with van der Waals surface area (Å²) in [6, 6.07) is 3.92. The third kappa shape index (κ3) is 2.93. The standard InChI is InChI=1S/C15H19N5O2/c1-3-13(21)20-8-6-11(9-20)18-14-12(5-4-7-16-14)15-17-10(2)19-22-15/h4-5,7,11H,3,6,8-9H2,1-2H3,(H,16,18). The molecule has 1 aliphatic rings. The third-order valence-corrected chi connectivity index (χ3v) is 3.75. The largest absolute Gasteiger partial charge is 0.365 e. The number of aromatic nitrogens is 3. The fourth-order valence-electron chi connectivity index (χ4n) is 2.62. The molecule has 3 heterocycles. The summed E-state index contributed by atoms with van der Waals surface area (Å²) in [7, 11) is 0. The quantitative estimate of drug-likeness (QED) is 0.928. The number of carbonyl (C=O) groups is 1. The van der Waals surface area contributed by atoms with Crippen molar-refractivity contribution >= 4 is 11.7 Å². The van der Waals surface area contributed by atoms with Gasteiger partial charge >= 0.3 is 0 Å². The van der Waals surface area contributed by atoms with E-state index in [1.165, 1.54) is 0 Å². The first-order valence-corrected chi connectivity index (χ1v) is 7.47. The van der Waals surface area contributed by atoms with Crippen molar-refractivity contribution in [2.45, 2.75) is 32.7 Å². The molecule has 1 fully saturated rings. The van der Waals surface area contributed by atoms with Crippen molar-refractivity contribution in [2.75, 3.05) is 18.4 Å². The molecule has 1 saturated heterocycles. The van der Waals surface area contributed by atoms with Crippen LogP contribution in [0, 0.1) is 6.92 Å². The zero-order valence-electron chi connectivity index (χ0n) is 12.7. The first-order valence-electron chi connectivity index (χ1n) is 7.47. The van der Waals surface area contributed by atoms with E-state index in [1.807, 2.05) is 24.0 Å². The van der Waals surface area contributed by atoms with Gasteiger partial charge in [-0.05, 0) is 25.5 Å². The third-order valence-electron chi connectivity index (χ3n) is 3.75. The molecule has 7 heteroatoms. The number of pyridine rings is 1. The van der Waals surface area contributed by atoms with Crippen LogP contribution in [0.25, 0.3) is 11.5 Å². The zero-order valence-corrected chi connectivity index (χ0v) is 12.7. The van der Waals surface area contributed by atoms with Gasteiger partial charge in [0.15, 0.2) is 5.82 Å². The SMILES string of the molecule is CCC(=O)N1CCC(Nc2ncccc2-c2nc(C)no2)C1. The fraction of sp³-hybridized carbons (Fsp3) is 0.467. The second-order valence-corrected chi connectivity index (χ2v) is 5.37. The Hall–Kier alpha value is -2.44. The Morgan fingerprint density at radius 3 is 3.14 bits per heavy atom. The molecule has 2 aromatic rings. The molecule has 0 spiro atoms. The number of amides is 1. The van der Waals surface area contributed by atoms with Gasteiger partial charge in [0, 0.05) is 31.7 Å². The highest BCUT2D eigenvalue weighted by Crippen LogP contribution is 2.26. The van der Waals surface area contributed by atoms with Crippen LogP contribution in [0.15, 0.2) is 22.9 Å². The number of aryl methyl sites for hydroxylation is 1. The lowest BCUT2D eigenvalue weighted by molar-refractivity contribution is -0.129. The predicted octanol–water partition coefficient (Wildman–Crippen LogP) is 1.86. The molecule has 116 valence electrons. The number of carbonyl (C=O) groups excluding carboxylic acids is 1.